The van der Waals surface area contributed by atoms with Gasteiger partial charge in [0.05, 0.1) is 7.11 Å². The van der Waals surface area contributed by atoms with E-state index < -0.39 is 0 Å². The van der Waals surface area contributed by atoms with Gasteiger partial charge in [-0.3, -0.25) is 0 Å². The van der Waals surface area contributed by atoms with Crippen LogP contribution >= 0.6 is 12.4 Å². The number of ether oxygens (including phenoxy) is 1. The molecule has 0 bridgehead atoms. The van der Waals surface area contributed by atoms with Gasteiger partial charge in [-0.1, -0.05) is 17.7 Å². The Morgan fingerprint density at radius 3 is 2.69 bits per heavy atom. The summed E-state index contributed by atoms with van der Waals surface area (Å²) in [4.78, 5) is 0. The standard InChI is InChI=1S/C12H17NO2.ClH/c1-8(2)7-10(13)9-5-4-6-11(15-3)12(9)14;/h4-6,10,14H,1,7,13H2,2-3H3;1H/t10-;/m0./s1. The molecule has 0 unspecified atom stereocenters. The molecule has 0 saturated heterocycles. The van der Waals surface area contributed by atoms with Crippen LogP contribution in [0.1, 0.15) is 24.9 Å². The minimum absolute atomic E-state index is 0. The van der Waals surface area contributed by atoms with Gasteiger partial charge in [-0.2, -0.15) is 0 Å². The highest BCUT2D eigenvalue weighted by molar-refractivity contribution is 5.85. The highest BCUT2D eigenvalue weighted by atomic mass is 35.5. The third-order valence-electron chi connectivity index (χ3n) is 2.22. The quantitative estimate of drug-likeness (QED) is 0.800. The molecule has 1 aromatic rings. The fraction of sp³-hybridized carbons (Fsp3) is 0.333. The summed E-state index contributed by atoms with van der Waals surface area (Å²) in [6, 6.07) is 5.07. The first-order valence-electron chi connectivity index (χ1n) is 4.82. The maximum atomic E-state index is 9.84. The second-order valence-electron chi connectivity index (χ2n) is 3.67. The van der Waals surface area contributed by atoms with Crippen LogP contribution in [-0.4, -0.2) is 12.2 Å². The third kappa shape index (κ3) is 3.43. The van der Waals surface area contributed by atoms with E-state index in [0.717, 1.165) is 5.57 Å². The Labute approximate surface area is 102 Å². The molecule has 1 aromatic carbocycles. The van der Waals surface area contributed by atoms with Crippen molar-refractivity contribution in [3.05, 3.63) is 35.9 Å². The number of rotatable bonds is 4. The van der Waals surface area contributed by atoms with Gasteiger partial charge < -0.3 is 15.6 Å². The summed E-state index contributed by atoms with van der Waals surface area (Å²) in [5, 5.41) is 9.84. The summed E-state index contributed by atoms with van der Waals surface area (Å²) in [7, 11) is 1.52. The number of aromatic hydroxyl groups is 1. The van der Waals surface area contributed by atoms with Crippen molar-refractivity contribution in [3.8, 4) is 11.5 Å². The van der Waals surface area contributed by atoms with Crippen LogP contribution in [0.15, 0.2) is 30.4 Å². The van der Waals surface area contributed by atoms with E-state index in [1.807, 2.05) is 13.0 Å². The van der Waals surface area contributed by atoms with Gasteiger partial charge in [0.2, 0.25) is 0 Å². The Kier molecular flexibility index (Phi) is 5.93. The molecule has 16 heavy (non-hydrogen) atoms. The largest absolute Gasteiger partial charge is 0.504 e. The van der Waals surface area contributed by atoms with Crippen molar-refractivity contribution in [2.45, 2.75) is 19.4 Å². The van der Waals surface area contributed by atoms with Crippen LogP contribution in [-0.2, 0) is 0 Å². The minimum atomic E-state index is -0.238. The average Bonchev–Trinajstić information content (AvgIpc) is 2.17. The number of hydrogen-bond acceptors (Lipinski definition) is 3. The van der Waals surface area contributed by atoms with Gasteiger partial charge in [-0.25, -0.2) is 0 Å². The first-order valence-corrected chi connectivity index (χ1v) is 4.82. The van der Waals surface area contributed by atoms with E-state index >= 15 is 0 Å². The number of para-hydroxylation sites is 1. The molecule has 4 heteroatoms. The molecule has 0 spiro atoms. The molecule has 1 atom stereocenters. The summed E-state index contributed by atoms with van der Waals surface area (Å²) >= 11 is 0. The Balaban J connectivity index is 0.00000225. The maximum Gasteiger partial charge on any atom is 0.162 e. The molecule has 0 aliphatic heterocycles. The lowest BCUT2D eigenvalue weighted by molar-refractivity contribution is 0.368. The van der Waals surface area contributed by atoms with Crippen molar-refractivity contribution in [1.29, 1.82) is 0 Å². The van der Waals surface area contributed by atoms with Crippen molar-refractivity contribution in [2.75, 3.05) is 7.11 Å². The van der Waals surface area contributed by atoms with Crippen molar-refractivity contribution in [1.82, 2.24) is 0 Å². The van der Waals surface area contributed by atoms with Crippen LogP contribution in [0.3, 0.4) is 0 Å². The van der Waals surface area contributed by atoms with Gasteiger partial charge in [-0.05, 0) is 19.4 Å². The van der Waals surface area contributed by atoms with E-state index in [1.54, 1.807) is 12.1 Å². The lowest BCUT2D eigenvalue weighted by Crippen LogP contribution is -2.10. The summed E-state index contributed by atoms with van der Waals surface area (Å²) < 4.78 is 5.01. The van der Waals surface area contributed by atoms with Crippen molar-refractivity contribution in [2.24, 2.45) is 5.73 Å². The smallest absolute Gasteiger partial charge is 0.162 e. The number of methoxy groups -OCH3 is 1. The number of nitrogens with two attached hydrogens (primary N) is 1. The molecule has 0 saturated carbocycles. The molecule has 3 N–H and O–H groups in total. The fourth-order valence-corrected chi connectivity index (χ4v) is 1.49. The van der Waals surface area contributed by atoms with Gasteiger partial charge in [0.1, 0.15) is 0 Å². The second kappa shape index (κ2) is 6.40. The summed E-state index contributed by atoms with van der Waals surface area (Å²) in [6.45, 7) is 5.71. The number of benzene rings is 1. The number of phenols is 1. The van der Waals surface area contributed by atoms with Gasteiger partial charge in [0.25, 0.3) is 0 Å². The Bertz CT molecular complexity index is 366. The van der Waals surface area contributed by atoms with E-state index in [4.69, 9.17) is 10.5 Å². The van der Waals surface area contributed by atoms with Gasteiger partial charge in [0.15, 0.2) is 11.5 Å². The molecule has 1 rings (SSSR count). The molecule has 0 radical (unpaired) electrons. The predicted octanol–water partition coefficient (Wildman–Crippen LogP) is 2.79. The molecule has 3 nitrogen and oxygen atoms in total. The molecule has 0 aliphatic carbocycles. The van der Waals surface area contributed by atoms with Gasteiger partial charge in [0, 0.05) is 11.6 Å². The zero-order valence-corrected chi connectivity index (χ0v) is 10.4. The lowest BCUT2D eigenvalue weighted by atomic mass is 10.00. The zero-order valence-electron chi connectivity index (χ0n) is 9.56. The molecule has 0 amide bonds. The van der Waals surface area contributed by atoms with E-state index in [-0.39, 0.29) is 24.2 Å². The van der Waals surface area contributed by atoms with Crippen LogP contribution in [0.5, 0.6) is 11.5 Å². The van der Waals surface area contributed by atoms with Crippen LogP contribution in [0.2, 0.25) is 0 Å². The van der Waals surface area contributed by atoms with Crippen molar-refractivity contribution in [3.63, 3.8) is 0 Å². The first-order chi connectivity index (χ1) is 7.06. The summed E-state index contributed by atoms with van der Waals surface area (Å²) in [6.07, 6.45) is 0.653. The second-order valence-corrected chi connectivity index (χ2v) is 3.67. The molecule has 90 valence electrons. The third-order valence-corrected chi connectivity index (χ3v) is 2.22. The van der Waals surface area contributed by atoms with Gasteiger partial charge >= 0.3 is 0 Å². The lowest BCUT2D eigenvalue weighted by Gasteiger charge is -2.15. The van der Waals surface area contributed by atoms with Crippen LogP contribution in [0.4, 0.5) is 0 Å². The topological polar surface area (TPSA) is 55.5 Å². The van der Waals surface area contributed by atoms with E-state index in [1.165, 1.54) is 7.11 Å². The zero-order chi connectivity index (χ0) is 11.4. The van der Waals surface area contributed by atoms with Crippen LogP contribution in [0.25, 0.3) is 0 Å². The SMILES string of the molecule is C=C(C)C[C@H](N)c1cccc(OC)c1O.Cl. The van der Waals surface area contributed by atoms with E-state index in [9.17, 15) is 5.11 Å². The number of halogens is 1. The normalized spacial score (nSPS) is 11.4. The highest BCUT2D eigenvalue weighted by Crippen LogP contribution is 2.34. The van der Waals surface area contributed by atoms with Gasteiger partial charge in [-0.15, -0.1) is 19.0 Å². The van der Waals surface area contributed by atoms with E-state index in [2.05, 4.69) is 6.58 Å². The highest BCUT2D eigenvalue weighted by Gasteiger charge is 2.13. The molecule has 0 heterocycles. The Hall–Kier alpha value is -1.19. The molecular weight excluding hydrogens is 226 g/mol. The van der Waals surface area contributed by atoms with Crippen molar-refractivity contribution >= 4 is 12.4 Å². The predicted molar refractivity (Wildman–Crippen MR) is 68.3 cm³/mol. The summed E-state index contributed by atoms with van der Waals surface area (Å²) in [5.74, 6) is 0.568. The molecular formula is C12H18ClNO2. The van der Waals surface area contributed by atoms with E-state index in [0.29, 0.717) is 17.7 Å². The molecule has 0 fully saturated rings. The number of phenolic OH excluding ortho intramolecular Hbond substituents is 1. The molecule has 0 aliphatic rings. The monoisotopic (exact) mass is 243 g/mol. The number of hydrogen-bond donors (Lipinski definition) is 2. The van der Waals surface area contributed by atoms with Crippen LogP contribution in [0, 0.1) is 0 Å². The molecule has 0 aromatic heterocycles. The summed E-state index contributed by atoms with van der Waals surface area (Å²) in [5.41, 5.74) is 7.63. The maximum absolute atomic E-state index is 9.84. The Morgan fingerprint density at radius 2 is 2.19 bits per heavy atom. The Morgan fingerprint density at radius 1 is 1.56 bits per heavy atom. The van der Waals surface area contributed by atoms with Crippen LogP contribution < -0.4 is 10.5 Å². The fourth-order valence-electron chi connectivity index (χ4n) is 1.49. The minimum Gasteiger partial charge on any atom is -0.504 e. The van der Waals surface area contributed by atoms with Crippen molar-refractivity contribution < 1.29 is 9.84 Å². The average molecular weight is 244 g/mol. The first kappa shape index (κ1) is 14.8.